The van der Waals surface area contributed by atoms with E-state index in [9.17, 15) is 19.5 Å². The van der Waals surface area contributed by atoms with Crippen molar-refractivity contribution < 1.29 is 24.3 Å². The number of carbonyl (C=O) groups is 3. The quantitative estimate of drug-likeness (QED) is 0.367. The number of carbonyl (C=O) groups excluding carboxylic acids is 2. The number of carboxylic acids is 1. The van der Waals surface area contributed by atoms with Gasteiger partial charge in [0.05, 0.1) is 5.92 Å². The second-order valence-electron chi connectivity index (χ2n) is 10.3. The zero-order valence-electron chi connectivity index (χ0n) is 20.9. The fourth-order valence-electron chi connectivity index (χ4n) is 5.73. The van der Waals surface area contributed by atoms with Gasteiger partial charge >= 0.3 is 5.97 Å². The highest BCUT2D eigenvalue weighted by molar-refractivity contribution is 6.24. The summed E-state index contributed by atoms with van der Waals surface area (Å²) in [4.78, 5) is 44.5. The summed E-state index contributed by atoms with van der Waals surface area (Å²) in [5.74, 6) is -2.94. The molecular formula is C30H29N3O5. The molecule has 1 saturated carbocycles. The van der Waals surface area contributed by atoms with Crippen LogP contribution in [-0.2, 0) is 19.2 Å². The number of amides is 2. The van der Waals surface area contributed by atoms with Gasteiger partial charge in [0.2, 0.25) is 11.8 Å². The van der Waals surface area contributed by atoms with E-state index < -0.39 is 29.4 Å². The molecule has 2 amide bonds. The summed E-state index contributed by atoms with van der Waals surface area (Å²) in [6.45, 7) is 0.502. The molecule has 2 aromatic carbocycles. The first-order valence-corrected chi connectivity index (χ1v) is 13.1. The lowest BCUT2D eigenvalue weighted by Crippen LogP contribution is -2.48. The van der Waals surface area contributed by atoms with Crippen molar-refractivity contribution in [2.24, 2.45) is 17.0 Å². The van der Waals surface area contributed by atoms with Gasteiger partial charge in [-0.05, 0) is 42.9 Å². The Kier molecular flexibility index (Phi) is 6.10. The number of hydrogen-bond donors (Lipinski definition) is 3. The number of carboxylic acid groups (broad SMARTS) is 1. The smallest absolute Gasteiger partial charge is 0.330 e. The number of allylic oxidation sites excluding steroid dienone is 1. The van der Waals surface area contributed by atoms with Crippen LogP contribution in [0.25, 0.3) is 11.1 Å². The summed E-state index contributed by atoms with van der Waals surface area (Å²) in [6.07, 6.45) is 7.92. The van der Waals surface area contributed by atoms with Crippen LogP contribution < -0.4 is 10.6 Å². The fraction of sp³-hybridized carbons (Fsp3) is 0.333. The lowest BCUT2D eigenvalue weighted by atomic mass is 9.98. The van der Waals surface area contributed by atoms with E-state index >= 15 is 0 Å². The van der Waals surface area contributed by atoms with Gasteiger partial charge in [-0.1, -0.05) is 65.8 Å². The molecular weight excluding hydrogens is 482 g/mol. The van der Waals surface area contributed by atoms with Gasteiger partial charge in [-0.3, -0.25) is 9.59 Å². The van der Waals surface area contributed by atoms with Gasteiger partial charge in [-0.2, -0.15) is 0 Å². The van der Waals surface area contributed by atoms with Crippen LogP contribution in [0.5, 0.6) is 0 Å². The molecule has 4 aliphatic rings. The van der Waals surface area contributed by atoms with Crippen molar-refractivity contribution in [1.29, 1.82) is 0 Å². The van der Waals surface area contributed by atoms with E-state index in [0.29, 0.717) is 24.3 Å². The van der Waals surface area contributed by atoms with Crippen LogP contribution in [-0.4, -0.2) is 46.8 Å². The van der Waals surface area contributed by atoms with Crippen molar-refractivity contribution in [2.45, 2.75) is 43.7 Å². The molecule has 8 heteroatoms. The third-order valence-electron chi connectivity index (χ3n) is 7.92. The van der Waals surface area contributed by atoms with E-state index in [-0.39, 0.29) is 18.2 Å². The number of oxime groups is 1. The molecule has 194 valence electrons. The molecule has 1 aliphatic heterocycles. The molecule has 38 heavy (non-hydrogen) atoms. The molecule has 0 radical (unpaired) electrons. The molecule has 0 aromatic heterocycles. The summed E-state index contributed by atoms with van der Waals surface area (Å²) >= 11 is 0. The van der Waals surface area contributed by atoms with Crippen molar-refractivity contribution in [1.82, 2.24) is 10.6 Å². The summed E-state index contributed by atoms with van der Waals surface area (Å²) in [5, 5.41) is 20.1. The average molecular weight is 512 g/mol. The zero-order chi connectivity index (χ0) is 26.3. The maximum absolute atomic E-state index is 13.4. The highest BCUT2D eigenvalue weighted by Gasteiger charge is 2.61. The molecule has 4 atom stereocenters. The largest absolute Gasteiger partial charge is 0.479 e. The van der Waals surface area contributed by atoms with Crippen LogP contribution in [0, 0.1) is 11.8 Å². The van der Waals surface area contributed by atoms with Crippen molar-refractivity contribution in [3.63, 3.8) is 0 Å². The van der Waals surface area contributed by atoms with E-state index in [0.717, 1.165) is 41.5 Å². The number of rotatable bonds is 3. The predicted octanol–water partition coefficient (Wildman–Crippen LogP) is 3.57. The van der Waals surface area contributed by atoms with Gasteiger partial charge in [0, 0.05) is 35.6 Å². The highest BCUT2D eigenvalue weighted by atomic mass is 16.6. The molecule has 6 rings (SSSR count). The molecule has 0 unspecified atom stereocenters. The van der Waals surface area contributed by atoms with Crippen LogP contribution >= 0.6 is 0 Å². The zero-order valence-corrected chi connectivity index (χ0v) is 20.9. The maximum Gasteiger partial charge on any atom is 0.330 e. The van der Waals surface area contributed by atoms with Crippen LogP contribution in [0.4, 0.5) is 0 Å². The van der Waals surface area contributed by atoms with Gasteiger partial charge in [0.1, 0.15) is 17.4 Å². The van der Waals surface area contributed by atoms with E-state index in [4.69, 9.17) is 4.84 Å². The number of fused-ring (bicyclic) bond motifs is 5. The molecule has 1 heterocycles. The van der Waals surface area contributed by atoms with E-state index in [1.54, 1.807) is 6.08 Å². The van der Waals surface area contributed by atoms with Gasteiger partial charge < -0.3 is 20.6 Å². The Morgan fingerprint density at radius 1 is 1.00 bits per heavy atom. The van der Waals surface area contributed by atoms with Crippen molar-refractivity contribution in [3.05, 3.63) is 83.5 Å². The fourth-order valence-corrected chi connectivity index (χ4v) is 5.73. The Labute approximate surface area is 220 Å². The van der Waals surface area contributed by atoms with Crippen molar-refractivity contribution in [3.8, 4) is 11.1 Å². The van der Waals surface area contributed by atoms with Gasteiger partial charge in [-0.15, -0.1) is 0 Å². The van der Waals surface area contributed by atoms with Gasteiger partial charge in [-0.25, -0.2) is 4.79 Å². The Balaban J connectivity index is 1.27. The minimum absolute atomic E-state index is 0.199. The Hall–Kier alpha value is -4.20. The lowest BCUT2D eigenvalue weighted by molar-refractivity contribution is -0.144. The van der Waals surface area contributed by atoms with Crippen LogP contribution in [0.3, 0.4) is 0 Å². The lowest BCUT2D eigenvalue weighted by Gasteiger charge is -2.20. The molecule has 2 aromatic rings. The van der Waals surface area contributed by atoms with E-state index in [1.807, 2.05) is 60.7 Å². The molecule has 0 saturated heterocycles. The van der Waals surface area contributed by atoms with Crippen LogP contribution in [0.1, 0.15) is 43.2 Å². The Bertz CT molecular complexity index is 1360. The summed E-state index contributed by atoms with van der Waals surface area (Å²) in [5.41, 5.74) is 3.76. The predicted molar refractivity (Wildman–Crippen MR) is 141 cm³/mol. The molecule has 8 nitrogen and oxygen atoms in total. The Morgan fingerprint density at radius 2 is 1.68 bits per heavy atom. The van der Waals surface area contributed by atoms with E-state index in [2.05, 4.69) is 15.8 Å². The molecule has 3 aliphatic carbocycles. The Morgan fingerprint density at radius 3 is 2.37 bits per heavy atom. The number of benzene rings is 2. The third kappa shape index (κ3) is 4.20. The first-order valence-electron chi connectivity index (χ1n) is 13.1. The van der Waals surface area contributed by atoms with Gasteiger partial charge in [0.25, 0.3) is 0 Å². The number of aliphatic carboxylic acids is 1. The summed E-state index contributed by atoms with van der Waals surface area (Å²) in [6, 6.07) is 16.0. The van der Waals surface area contributed by atoms with Crippen molar-refractivity contribution >= 4 is 23.5 Å². The second-order valence-corrected chi connectivity index (χ2v) is 10.3. The standard InChI is InChI=1S/C30H29N3O5/c34-27-24-15-19(38-33-26-22-12-6-4-10-20(22)21-11-5-7-13-23(21)26)16-25(24)28(35)32-30(29(36)37)17-18(30)9-3-1-2-8-14-31-27/h3-7,9-13,15,18-19,25H,1-2,8,14,16-17H2,(H,31,34)(H,32,35)(H,36,37)/b9-3-/t18-,19-,25+,30+/m0/s1. The number of hydrogen-bond acceptors (Lipinski definition) is 5. The molecule has 0 spiro atoms. The topological polar surface area (TPSA) is 117 Å². The number of nitrogens with zero attached hydrogens (tertiary/aromatic N) is 1. The second kappa shape index (κ2) is 9.59. The average Bonchev–Trinajstić information content (AvgIpc) is 3.29. The van der Waals surface area contributed by atoms with Crippen molar-refractivity contribution in [2.75, 3.05) is 6.54 Å². The molecule has 0 bridgehead atoms. The highest BCUT2D eigenvalue weighted by Crippen LogP contribution is 2.46. The van der Waals surface area contributed by atoms with Crippen LogP contribution in [0.15, 0.2) is 77.5 Å². The molecule has 1 fully saturated rings. The minimum atomic E-state index is -1.32. The SMILES string of the molecule is O=C1NCCCC/C=C\[C@H]2C[C@@]2(C(=O)O)NC(=O)[C@@H]2C[C@@H](ON=C3c4ccccc4-c4ccccc43)C=C12. The first-order chi connectivity index (χ1) is 18.5. The monoisotopic (exact) mass is 511 g/mol. The number of nitrogens with one attached hydrogen (secondary N) is 2. The minimum Gasteiger partial charge on any atom is -0.479 e. The van der Waals surface area contributed by atoms with Crippen LogP contribution in [0.2, 0.25) is 0 Å². The normalized spacial score (nSPS) is 28.8. The van der Waals surface area contributed by atoms with Gasteiger partial charge in [0.15, 0.2) is 0 Å². The maximum atomic E-state index is 13.4. The first kappa shape index (κ1) is 24.2. The molecule has 3 N–H and O–H groups in total. The third-order valence-corrected chi connectivity index (χ3v) is 7.92. The van der Waals surface area contributed by atoms with E-state index in [1.165, 1.54) is 0 Å². The summed E-state index contributed by atoms with van der Waals surface area (Å²) in [7, 11) is 0. The summed E-state index contributed by atoms with van der Waals surface area (Å²) < 4.78 is 0.